The van der Waals surface area contributed by atoms with Crippen molar-refractivity contribution in [3.63, 3.8) is 0 Å². The van der Waals surface area contributed by atoms with Crippen LogP contribution in [0.15, 0.2) is 35.2 Å². The average Bonchev–Trinajstić information content (AvgIpc) is 2.06. The molecule has 0 saturated heterocycles. The van der Waals surface area contributed by atoms with Crippen LogP contribution in [0.3, 0.4) is 0 Å². The molecular formula is C9H11NS. The van der Waals surface area contributed by atoms with Crippen LogP contribution < -0.4 is 5.14 Å². The number of nitrogens with two attached hydrogens (primary N) is 1. The second-order valence-corrected chi connectivity index (χ2v) is 2.83. The summed E-state index contributed by atoms with van der Waals surface area (Å²) >= 11 is 1.28. The lowest BCUT2D eigenvalue weighted by molar-refractivity contribution is 1.42. The van der Waals surface area contributed by atoms with Crippen molar-refractivity contribution in [2.24, 2.45) is 5.14 Å². The summed E-state index contributed by atoms with van der Waals surface area (Å²) in [5.41, 5.74) is 1.18. The fourth-order valence-corrected chi connectivity index (χ4v) is 1.33. The van der Waals surface area contributed by atoms with E-state index in [1.54, 1.807) is 0 Å². The lowest BCUT2D eigenvalue weighted by Crippen LogP contribution is -1.82. The van der Waals surface area contributed by atoms with Gasteiger partial charge in [-0.3, -0.25) is 5.14 Å². The molecule has 0 heterocycles. The first-order valence-corrected chi connectivity index (χ1v) is 4.35. The summed E-state index contributed by atoms with van der Waals surface area (Å²) in [7, 11) is 0. The minimum absolute atomic E-state index is 1.12. The molecule has 0 amide bonds. The Hall–Kier alpha value is -0.730. The fraction of sp³-hybridized carbons (Fsp3) is 0.111. The van der Waals surface area contributed by atoms with E-state index in [9.17, 15) is 0 Å². The first kappa shape index (κ1) is 8.37. The zero-order valence-electron chi connectivity index (χ0n) is 6.45. The highest BCUT2D eigenvalue weighted by Gasteiger charge is 1.94. The van der Waals surface area contributed by atoms with Gasteiger partial charge < -0.3 is 0 Å². The highest BCUT2D eigenvalue weighted by atomic mass is 32.2. The number of rotatable bonds is 2. The molecule has 2 heteroatoms. The van der Waals surface area contributed by atoms with Crippen molar-refractivity contribution in [3.8, 4) is 0 Å². The molecule has 1 rings (SSSR count). The maximum Gasteiger partial charge on any atom is 0.0298 e. The monoisotopic (exact) mass is 165 g/mol. The molecule has 0 bridgehead atoms. The summed E-state index contributed by atoms with van der Waals surface area (Å²) in [6, 6.07) is 8.06. The molecule has 2 N–H and O–H groups in total. The third kappa shape index (κ3) is 2.10. The summed E-state index contributed by atoms with van der Waals surface area (Å²) in [4.78, 5) is 1.12. The molecule has 0 aliphatic carbocycles. The maximum atomic E-state index is 5.46. The first-order chi connectivity index (χ1) is 5.38. The molecule has 0 atom stereocenters. The highest BCUT2D eigenvalue weighted by Crippen LogP contribution is 2.18. The van der Waals surface area contributed by atoms with Crippen LogP contribution in [0.2, 0.25) is 0 Å². The van der Waals surface area contributed by atoms with Crippen LogP contribution in [0.4, 0.5) is 0 Å². The number of hydrogen-bond acceptors (Lipinski definition) is 2. The van der Waals surface area contributed by atoms with Crippen molar-refractivity contribution in [2.45, 2.75) is 11.8 Å². The lowest BCUT2D eigenvalue weighted by atomic mass is 10.2. The summed E-state index contributed by atoms with van der Waals surface area (Å²) in [6.07, 6.45) is 4.06. The second kappa shape index (κ2) is 4.21. The molecule has 0 aliphatic rings. The molecule has 0 aliphatic heterocycles. The van der Waals surface area contributed by atoms with Gasteiger partial charge in [0.15, 0.2) is 0 Å². The minimum atomic E-state index is 1.12. The zero-order chi connectivity index (χ0) is 8.10. The lowest BCUT2D eigenvalue weighted by Gasteiger charge is -1.99. The SMILES string of the molecule is C/C=C/c1ccccc1SN. The average molecular weight is 165 g/mol. The van der Waals surface area contributed by atoms with Gasteiger partial charge in [-0.25, -0.2) is 0 Å². The Balaban J connectivity index is 3.02. The van der Waals surface area contributed by atoms with E-state index in [4.69, 9.17) is 5.14 Å². The number of hydrogen-bond donors (Lipinski definition) is 1. The van der Waals surface area contributed by atoms with E-state index >= 15 is 0 Å². The molecule has 0 radical (unpaired) electrons. The van der Waals surface area contributed by atoms with Crippen molar-refractivity contribution in [2.75, 3.05) is 0 Å². The van der Waals surface area contributed by atoms with Crippen LogP contribution in [0.1, 0.15) is 12.5 Å². The molecule has 1 aromatic rings. The van der Waals surface area contributed by atoms with E-state index in [2.05, 4.69) is 12.1 Å². The number of allylic oxidation sites excluding steroid dienone is 1. The summed E-state index contributed by atoms with van der Waals surface area (Å²) in [5.74, 6) is 0. The van der Waals surface area contributed by atoms with E-state index in [0.717, 1.165) is 4.90 Å². The topological polar surface area (TPSA) is 26.0 Å². The molecule has 0 spiro atoms. The quantitative estimate of drug-likeness (QED) is 0.682. The Morgan fingerprint density at radius 3 is 2.73 bits per heavy atom. The van der Waals surface area contributed by atoms with Gasteiger partial charge in [-0.15, -0.1) is 0 Å². The minimum Gasteiger partial charge on any atom is -0.274 e. The van der Waals surface area contributed by atoms with Crippen LogP contribution in [0.25, 0.3) is 6.08 Å². The van der Waals surface area contributed by atoms with Gasteiger partial charge in [0.1, 0.15) is 0 Å². The van der Waals surface area contributed by atoms with Crippen LogP contribution in [0, 0.1) is 0 Å². The molecule has 0 aromatic heterocycles. The number of benzene rings is 1. The summed E-state index contributed by atoms with van der Waals surface area (Å²) < 4.78 is 0. The van der Waals surface area contributed by atoms with Gasteiger partial charge in [-0.2, -0.15) is 0 Å². The molecule has 0 saturated carbocycles. The van der Waals surface area contributed by atoms with Crippen LogP contribution >= 0.6 is 11.9 Å². The van der Waals surface area contributed by atoms with E-state index < -0.39 is 0 Å². The standard InChI is InChI=1S/C9H11NS/c1-2-5-8-6-3-4-7-9(8)11-10/h2-7H,10H2,1H3/b5-2+. The Labute approximate surface area is 71.4 Å². The first-order valence-electron chi connectivity index (χ1n) is 3.47. The predicted octanol–water partition coefficient (Wildman–Crippen LogP) is 2.69. The Morgan fingerprint density at radius 2 is 2.09 bits per heavy atom. The van der Waals surface area contributed by atoms with Gasteiger partial charge in [0.05, 0.1) is 0 Å². The fourth-order valence-electron chi connectivity index (χ4n) is 0.905. The van der Waals surface area contributed by atoms with Gasteiger partial charge >= 0.3 is 0 Å². The Morgan fingerprint density at radius 1 is 1.36 bits per heavy atom. The normalized spacial score (nSPS) is 10.7. The van der Waals surface area contributed by atoms with Crippen molar-refractivity contribution in [1.82, 2.24) is 0 Å². The van der Waals surface area contributed by atoms with Crippen molar-refractivity contribution < 1.29 is 0 Å². The van der Waals surface area contributed by atoms with Crippen LogP contribution in [-0.4, -0.2) is 0 Å². The van der Waals surface area contributed by atoms with Crippen molar-refractivity contribution in [3.05, 3.63) is 35.9 Å². The van der Waals surface area contributed by atoms with Crippen molar-refractivity contribution >= 4 is 18.0 Å². The molecule has 0 fully saturated rings. The molecule has 58 valence electrons. The molecule has 1 aromatic carbocycles. The summed E-state index contributed by atoms with van der Waals surface area (Å²) in [5, 5.41) is 5.46. The van der Waals surface area contributed by atoms with Gasteiger partial charge in [-0.1, -0.05) is 30.4 Å². The largest absolute Gasteiger partial charge is 0.274 e. The van der Waals surface area contributed by atoms with Gasteiger partial charge in [0.25, 0.3) is 0 Å². The van der Waals surface area contributed by atoms with Crippen LogP contribution in [-0.2, 0) is 0 Å². The Kier molecular flexibility index (Phi) is 3.20. The molecule has 11 heavy (non-hydrogen) atoms. The van der Waals surface area contributed by atoms with Crippen molar-refractivity contribution in [1.29, 1.82) is 0 Å². The molecule has 0 unspecified atom stereocenters. The third-order valence-electron chi connectivity index (χ3n) is 1.39. The van der Waals surface area contributed by atoms with Crippen LogP contribution in [0.5, 0.6) is 0 Å². The highest BCUT2D eigenvalue weighted by molar-refractivity contribution is 7.97. The maximum absolute atomic E-state index is 5.46. The summed E-state index contributed by atoms with van der Waals surface area (Å²) in [6.45, 7) is 2.00. The Bertz CT molecular complexity index is 255. The third-order valence-corrected chi connectivity index (χ3v) is 2.02. The van der Waals surface area contributed by atoms with E-state index in [0.29, 0.717) is 0 Å². The van der Waals surface area contributed by atoms with E-state index in [-0.39, 0.29) is 0 Å². The van der Waals surface area contributed by atoms with Gasteiger partial charge in [0.2, 0.25) is 0 Å². The van der Waals surface area contributed by atoms with E-state index in [1.807, 2.05) is 31.2 Å². The van der Waals surface area contributed by atoms with Gasteiger partial charge in [-0.05, 0) is 30.5 Å². The predicted molar refractivity (Wildman–Crippen MR) is 51.2 cm³/mol. The van der Waals surface area contributed by atoms with Gasteiger partial charge in [0, 0.05) is 4.90 Å². The molecule has 1 nitrogen and oxygen atoms in total. The second-order valence-electron chi connectivity index (χ2n) is 2.16. The molecular weight excluding hydrogens is 154 g/mol. The van der Waals surface area contributed by atoms with E-state index in [1.165, 1.54) is 17.5 Å². The smallest absolute Gasteiger partial charge is 0.0298 e. The zero-order valence-corrected chi connectivity index (χ0v) is 7.27.